The van der Waals surface area contributed by atoms with Crippen molar-refractivity contribution in [1.82, 2.24) is 0 Å². The Labute approximate surface area is 131 Å². The molecule has 0 rings (SSSR count). The average molecular weight is 619 g/mol. The summed E-state index contributed by atoms with van der Waals surface area (Å²) in [6.45, 7) is 0. The van der Waals surface area contributed by atoms with Crippen molar-refractivity contribution in [3.8, 4) is 0 Å². The first-order valence-electron chi connectivity index (χ1n) is 2.00. The SMILES string of the molecule is [Ga+3].[Ga+3].[O]=[Mo](=[O])([O-])[O-].[O]=[Mo](=[O])([O-])[O-].[O]=[Mo](=[O])([O-])[O-]. The molecule has 0 aliphatic heterocycles. The molecule has 0 aromatic rings. The van der Waals surface area contributed by atoms with E-state index < -0.39 is 50.2 Å². The van der Waals surface area contributed by atoms with Crippen LogP contribution in [0.5, 0.6) is 0 Å². The second kappa shape index (κ2) is 12.9. The van der Waals surface area contributed by atoms with Gasteiger partial charge in [0.1, 0.15) is 0 Å². The normalized spacial score (nSPS) is 10.2. The van der Waals surface area contributed by atoms with Gasteiger partial charge < -0.3 is 0 Å². The fourth-order valence-corrected chi connectivity index (χ4v) is 0. The molecule has 17 heteroatoms. The van der Waals surface area contributed by atoms with Crippen LogP contribution in [0.3, 0.4) is 0 Å². The molecule has 0 aromatic heterocycles. The van der Waals surface area contributed by atoms with E-state index in [2.05, 4.69) is 0 Å². The minimum absolute atomic E-state index is 0. The fourth-order valence-electron chi connectivity index (χ4n) is 0. The Morgan fingerprint density at radius 1 is 0.412 bits per heavy atom. The molecule has 0 saturated carbocycles. The van der Waals surface area contributed by atoms with E-state index in [1.54, 1.807) is 0 Å². The Bertz CT molecular complexity index is 341. The quantitative estimate of drug-likeness (QED) is 0.230. The van der Waals surface area contributed by atoms with E-state index in [1.165, 1.54) is 0 Å². The Kier molecular flexibility index (Phi) is 23.8. The van der Waals surface area contributed by atoms with Crippen LogP contribution in [0.25, 0.3) is 0 Å². The molecule has 96 valence electrons. The molecule has 0 atom stereocenters. The van der Waals surface area contributed by atoms with Crippen LogP contribution in [0.15, 0.2) is 0 Å². The Hall–Kier alpha value is 1.90. The van der Waals surface area contributed by atoms with Crippen molar-refractivity contribution >= 4 is 39.6 Å². The second-order valence-corrected chi connectivity index (χ2v) is 7.25. The summed E-state index contributed by atoms with van der Waals surface area (Å²) in [7, 11) is 0. The van der Waals surface area contributed by atoms with Crippen LogP contribution in [0, 0.1) is 0 Å². The fraction of sp³-hybridized carbons (Fsp3) is 0. The monoisotopic (exact) mass is 624 g/mol. The minimum atomic E-state index is -6.02. The van der Waals surface area contributed by atoms with Crippen LogP contribution in [0.4, 0.5) is 0 Å². The number of rotatable bonds is 0. The summed E-state index contributed by atoms with van der Waals surface area (Å²) in [6.07, 6.45) is 0. The van der Waals surface area contributed by atoms with Crippen LogP contribution < -0.4 is 22.6 Å². The van der Waals surface area contributed by atoms with Gasteiger partial charge in [0.2, 0.25) is 0 Å². The predicted molar refractivity (Wildman–Crippen MR) is 15.6 cm³/mol. The molecule has 0 aromatic carbocycles. The van der Waals surface area contributed by atoms with E-state index in [0.29, 0.717) is 0 Å². The molecular formula is Ga2Mo3O12. The second-order valence-electron chi connectivity index (χ2n) is 1.22. The van der Waals surface area contributed by atoms with Gasteiger partial charge >= 0.3 is 133 Å². The van der Waals surface area contributed by atoms with Crippen LogP contribution in [0.2, 0.25) is 0 Å². The van der Waals surface area contributed by atoms with E-state index >= 15 is 0 Å². The molecule has 0 unspecified atom stereocenters. The zero-order valence-corrected chi connectivity index (χ0v) is 18.1. The Morgan fingerprint density at radius 2 is 0.412 bits per heavy atom. The molecule has 0 radical (unpaired) electrons. The molecule has 0 N–H and O–H groups in total. The summed E-state index contributed by atoms with van der Waals surface area (Å²) in [5, 5.41) is 0. The van der Waals surface area contributed by atoms with Crippen LogP contribution in [-0.4, -0.2) is 39.6 Å². The van der Waals surface area contributed by atoms with Gasteiger partial charge in [0, 0.05) is 0 Å². The third kappa shape index (κ3) is 1260. The first kappa shape index (κ1) is 31.3. The van der Waals surface area contributed by atoms with E-state index in [-0.39, 0.29) is 39.6 Å². The number of hydrogen-bond acceptors (Lipinski definition) is 12. The van der Waals surface area contributed by atoms with Gasteiger partial charge in [-0.1, -0.05) is 0 Å². The van der Waals surface area contributed by atoms with E-state index in [4.69, 9.17) is 42.9 Å². The summed E-state index contributed by atoms with van der Waals surface area (Å²) in [4.78, 5) is 0. The van der Waals surface area contributed by atoms with Gasteiger partial charge in [0.05, 0.1) is 0 Å². The van der Waals surface area contributed by atoms with Gasteiger partial charge in [-0.05, 0) is 0 Å². The first-order chi connectivity index (χ1) is 6.00. The van der Waals surface area contributed by atoms with Crippen molar-refractivity contribution < 1.29 is 93.2 Å². The van der Waals surface area contributed by atoms with E-state index in [9.17, 15) is 0 Å². The van der Waals surface area contributed by atoms with Crippen molar-refractivity contribution in [2.45, 2.75) is 0 Å². The Balaban J connectivity index is -0.0000000400. The zero-order chi connectivity index (χ0) is 13.5. The molecule has 0 saturated heterocycles. The molecule has 0 aliphatic rings. The average Bonchev–Trinajstić information content (AvgIpc) is 1.41. The van der Waals surface area contributed by atoms with Gasteiger partial charge in [-0.3, -0.25) is 0 Å². The van der Waals surface area contributed by atoms with Gasteiger partial charge in [0.25, 0.3) is 0 Å². The molecule has 0 fully saturated rings. The van der Waals surface area contributed by atoms with Crippen molar-refractivity contribution in [1.29, 1.82) is 0 Å². The van der Waals surface area contributed by atoms with Crippen molar-refractivity contribution in [3.05, 3.63) is 0 Å². The summed E-state index contributed by atoms with van der Waals surface area (Å²) < 4.78 is 104. The first-order valence-corrected chi connectivity index (χ1v) is 11.8. The topological polar surface area (TPSA) is 241 Å². The van der Waals surface area contributed by atoms with Crippen molar-refractivity contribution in [2.75, 3.05) is 0 Å². The molecule has 0 aliphatic carbocycles. The molecule has 0 amide bonds. The summed E-state index contributed by atoms with van der Waals surface area (Å²) in [5.74, 6) is 0. The van der Waals surface area contributed by atoms with Crippen LogP contribution >= 0.6 is 0 Å². The Morgan fingerprint density at radius 3 is 0.412 bits per heavy atom. The summed E-state index contributed by atoms with van der Waals surface area (Å²) in [5.41, 5.74) is 0. The third-order valence-corrected chi connectivity index (χ3v) is 0. The van der Waals surface area contributed by atoms with E-state index in [0.717, 1.165) is 0 Å². The molecule has 17 heavy (non-hydrogen) atoms. The van der Waals surface area contributed by atoms with Gasteiger partial charge in [-0.25, -0.2) is 0 Å². The molecule has 12 nitrogen and oxygen atoms in total. The molecule has 0 bridgehead atoms. The van der Waals surface area contributed by atoms with Crippen LogP contribution in [-0.2, 0) is 70.6 Å². The summed E-state index contributed by atoms with van der Waals surface area (Å²) in [6, 6.07) is 0. The standard InChI is InChI=1S/2Ga.3Mo.12O/q2*+3;;;;;;;;;;6*-1. The maximum atomic E-state index is 8.63. The number of hydrogen-bond donors (Lipinski definition) is 0. The van der Waals surface area contributed by atoms with Crippen molar-refractivity contribution in [3.63, 3.8) is 0 Å². The van der Waals surface area contributed by atoms with Crippen LogP contribution in [0.1, 0.15) is 0 Å². The maximum absolute atomic E-state index is 8.63. The summed E-state index contributed by atoms with van der Waals surface area (Å²) >= 11 is -18.1. The van der Waals surface area contributed by atoms with Gasteiger partial charge in [0.15, 0.2) is 0 Å². The predicted octanol–water partition coefficient (Wildman–Crippen LogP) is -8.62. The third-order valence-electron chi connectivity index (χ3n) is 0. The molecular weight excluding hydrogens is 619 g/mol. The van der Waals surface area contributed by atoms with Gasteiger partial charge in [-0.2, -0.15) is 0 Å². The molecule has 0 spiro atoms. The molecule has 0 heterocycles. The van der Waals surface area contributed by atoms with E-state index in [1.807, 2.05) is 0 Å². The van der Waals surface area contributed by atoms with Gasteiger partial charge in [-0.15, -0.1) is 0 Å². The zero-order valence-electron chi connectivity index (χ0n) is 7.28. The van der Waals surface area contributed by atoms with Crippen molar-refractivity contribution in [2.24, 2.45) is 0 Å².